The van der Waals surface area contributed by atoms with Crippen molar-refractivity contribution in [3.8, 4) is 5.75 Å². The van der Waals surface area contributed by atoms with Crippen LogP contribution in [0.1, 0.15) is 29.0 Å². The SMILES string of the molecule is COc1ccc(C(CCO)c2ccc(C(F)(F)F)cc2)cc1F. The molecule has 2 nitrogen and oxygen atoms in total. The number of halogens is 4. The number of hydrogen-bond acceptors (Lipinski definition) is 2. The number of aliphatic hydroxyl groups excluding tert-OH is 1. The Morgan fingerprint density at radius 2 is 1.65 bits per heavy atom. The van der Waals surface area contributed by atoms with Gasteiger partial charge in [-0.3, -0.25) is 0 Å². The maximum absolute atomic E-state index is 13.9. The van der Waals surface area contributed by atoms with Crippen LogP contribution in [0.15, 0.2) is 42.5 Å². The van der Waals surface area contributed by atoms with Gasteiger partial charge in [0, 0.05) is 12.5 Å². The molecule has 2 aromatic rings. The van der Waals surface area contributed by atoms with Gasteiger partial charge in [-0.25, -0.2) is 4.39 Å². The fourth-order valence-electron chi connectivity index (χ4n) is 2.46. The van der Waals surface area contributed by atoms with Gasteiger partial charge >= 0.3 is 6.18 Å². The molecule has 0 amide bonds. The summed E-state index contributed by atoms with van der Waals surface area (Å²) < 4.78 is 56.6. The van der Waals surface area contributed by atoms with Crippen molar-refractivity contribution in [1.82, 2.24) is 0 Å². The predicted molar refractivity (Wildman–Crippen MR) is 77.9 cm³/mol. The molecule has 6 heteroatoms. The Bertz CT molecular complexity index is 651. The molecule has 0 heterocycles. The number of aliphatic hydroxyl groups is 1. The number of benzene rings is 2. The average Bonchev–Trinajstić information content (AvgIpc) is 2.52. The Morgan fingerprint density at radius 3 is 2.13 bits per heavy atom. The molecule has 1 atom stereocenters. The van der Waals surface area contributed by atoms with Crippen LogP contribution in [0.2, 0.25) is 0 Å². The van der Waals surface area contributed by atoms with Crippen LogP contribution in [0.4, 0.5) is 17.6 Å². The van der Waals surface area contributed by atoms with Crippen molar-refractivity contribution in [2.75, 3.05) is 13.7 Å². The van der Waals surface area contributed by atoms with Crippen LogP contribution in [0.5, 0.6) is 5.75 Å². The molecular weight excluding hydrogens is 312 g/mol. The molecule has 0 aliphatic carbocycles. The van der Waals surface area contributed by atoms with Crippen molar-refractivity contribution in [3.05, 3.63) is 65.0 Å². The van der Waals surface area contributed by atoms with E-state index in [9.17, 15) is 22.7 Å². The zero-order valence-corrected chi connectivity index (χ0v) is 12.4. The molecule has 23 heavy (non-hydrogen) atoms. The normalized spacial score (nSPS) is 13.0. The minimum Gasteiger partial charge on any atom is -0.494 e. The molecule has 0 aliphatic heterocycles. The topological polar surface area (TPSA) is 29.5 Å². The van der Waals surface area contributed by atoms with E-state index >= 15 is 0 Å². The minimum atomic E-state index is -4.41. The van der Waals surface area contributed by atoms with E-state index in [0.29, 0.717) is 11.1 Å². The first-order valence-electron chi connectivity index (χ1n) is 6.98. The molecule has 124 valence electrons. The van der Waals surface area contributed by atoms with Crippen LogP contribution in [-0.4, -0.2) is 18.8 Å². The van der Waals surface area contributed by atoms with Gasteiger partial charge in [-0.2, -0.15) is 13.2 Å². The maximum Gasteiger partial charge on any atom is 0.416 e. The summed E-state index contributed by atoms with van der Waals surface area (Å²) in [6.45, 7) is -0.167. The smallest absolute Gasteiger partial charge is 0.416 e. The van der Waals surface area contributed by atoms with Crippen LogP contribution in [0, 0.1) is 5.82 Å². The standard InChI is InChI=1S/C17H16F4O2/c1-23-16-7-4-12(10-15(16)18)14(8-9-22)11-2-5-13(6-3-11)17(19,20)21/h2-7,10,14,22H,8-9H2,1H3. The molecular formula is C17H16F4O2. The molecule has 0 spiro atoms. The number of rotatable bonds is 5. The molecule has 0 saturated carbocycles. The van der Waals surface area contributed by atoms with Crippen LogP contribution >= 0.6 is 0 Å². The second kappa shape index (κ2) is 7.00. The number of methoxy groups -OCH3 is 1. The Balaban J connectivity index is 2.36. The minimum absolute atomic E-state index is 0.0870. The molecule has 0 saturated heterocycles. The second-order valence-electron chi connectivity index (χ2n) is 5.08. The van der Waals surface area contributed by atoms with Gasteiger partial charge in [0.2, 0.25) is 0 Å². The van der Waals surface area contributed by atoms with Crippen LogP contribution in [-0.2, 0) is 6.18 Å². The average molecular weight is 328 g/mol. The van der Waals surface area contributed by atoms with Crippen molar-refractivity contribution in [3.63, 3.8) is 0 Å². The van der Waals surface area contributed by atoms with Crippen molar-refractivity contribution < 1.29 is 27.4 Å². The van der Waals surface area contributed by atoms with E-state index in [0.717, 1.165) is 12.1 Å². The summed E-state index contributed by atoms with van der Waals surface area (Å²) >= 11 is 0. The van der Waals surface area contributed by atoms with Crippen LogP contribution in [0.3, 0.4) is 0 Å². The van der Waals surface area contributed by atoms with E-state index in [2.05, 4.69) is 0 Å². The van der Waals surface area contributed by atoms with Crippen molar-refractivity contribution in [2.24, 2.45) is 0 Å². The van der Waals surface area contributed by atoms with Crippen LogP contribution < -0.4 is 4.74 Å². The lowest BCUT2D eigenvalue weighted by molar-refractivity contribution is -0.137. The molecule has 1 N–H and O–H groups in total. The summed E-state index contributed by atoms with van der Waals surface area (Å²) in [6, 6.07) is 9.05. The van der Waals surface area contributed by atoms with E-state index < -0.39 is 23.5 Å². The van der Waals surface area contributed by atoms with Crippen molar-refractivity contribution >= 4 is 0 Å². The van der Waals surface area contributed by atoms with Gasteiger partial charge in [0.25, 0.3) is 0 Å². The summed E-state index contributed by atoms with van der Waals surface area (Å²) in [7, 11) is 1.35. The summed E-state index contributed by atoms with van der Waals surface area (Å²) in [5.74, 6) is -0.869. The Morgan fingerprint density at radius 1 is 1.04 bits per heavy atom. The van der Waals surface area contributed by atoms with E-state index in [-0.39, 0.29) is 18.8 Å². The highest BCUT2D eigenvalue weighted by molar-refractivity contribution is 5.38. The summed E-state index contributed by atoms with van der Waals surface area (Å²) in [4.78, 5) is 0. The van der Waals surface area contributed by atoms with Gasteiger partial charge in [0.1, 0.15) is 0 Å². The van der Waals surface area contributed by atoms with Crippen LogP contribution in [0.25, 0.3) is 0 Å². The van der Waals surface area contributed by atoms with Gasteiger partial charge < -0.3 is 9.84 Å². The Labute approximate surface area is 131 Å². The lowest BCUT2D eigenvalue weighted by Crippen LogP contribution is -2.07. The maximum atomic E-state index is 13.9. The fourth-order valence-corrected chi connectivity index (χ4v) is 2.46. The van der Waals surface area contributed by atoms with Crippen molar-refractivity contribution in [1.29, 1.82) is 0 Å². The molecule has 0 radical (unpaired) electrons. The molecule has 2 aromatic carbocycles. The quantitative estimate of drug-likeness (QED) is 0.826. The van der Waals surface area contributed by atoms with Crippen molar-refractivity contribution in [2.45, 2.75) is 18.5 Å². The Hall–Kier alpha value is -2.08. The molecule has 0 aliphatic rings. The van der Waals surface area contributed by atoms with Gasteiger partial charge in [-0.15, -0.1) is 0 Å². The Kier molecular flexibility index (Phi) is 5.26. The van der Waals surface area contributed by atoms with E-state index in [4.69, 9.17) is 4.74 Å². The molecule has 0 bridgehead atoms. The zero-order valence-electron chi connectivity index (χ0n) is 12.4. The first-order chi connectivity index (χ1) is 10.9. The van der Waals surface area contributed by atoms with Gasteiger partial charge in [-0.05, 0) is 41.8 Å². The second-order valence-corrected chi connectivity index (χ2v) is 5.08. The molecule has 0 aromatic heterocycles. The number of hydrogen-bond donors (Lipinski definition) is 1. The highest BCUT2D eigenvalue weighted by Gasteiger charge is 2.30. The highest BCUT2D eigenvalue weighted by Crippen LogP contribution is 2.34. The van der Waals surface area contributed by atoms with Gasteiger partial charge in [-0.1, -0.05) is 18.2 Å². The fraction of sp³-hybridized carbons (Fsp3) is 0.294. The third kappa shape index (κ3) is 4.01. The first-order valence-corrected chi connectivity index (χ1v) is 6.98. The monoisotopic (exact) mass is 328 g/mol. The third-order valence-corrected chi connectivity index (χ3v) is 3.64. The molecule has 2 rings (SSSR count). The van der Waals surface area contributed by atoms with Gasteiger partial charge in [0.15, 0.2) is 11.6 Å². The zero-order chi connectivity index (χ0) is 17.0. The van der Waals surface area contributed by atoms with E-state index in [1.165, 1.54) is 31.4 Å². The first kappa shape index (κ1) is 17.3. The lowest BCUT2D eigenvalue weighted by atomic mass is 9.88. The summed E-state index contributed by atoms with van der Waals surface area (Å²) in [6.07, 6.45) is -4.13. The largest absolute Gasteiger partial charge is 0.494 e. The number of alkyl halides is 3. The lowest BCUT2D eigenvalue weighted by Gasteiger charge is -2.18. The highest BCUT2D eigenvalue weighted by atomic mass is 19.4. The molecule has 1 unspecified atom stereocenters. The number of ether oxygens (including phenoxy) is 1. The summed E-state index contributed by atoms with van der Waals surface area (Å²) in [5, 5.41) is 9.21. The third-order valence-electron chi connectivity index (χ3n) is 3.64. The predicted octanol–water partition coefficient (Wildman–Crippen LogP) is 4.37. The van der Waals surface area contributed by atoms with Gasteiger partial charge in [0.05, 0.1) is 12.7 Å². The van der Waals surface area contributed by atoms with E-state index in [1.54, 1.807) is 6.07 Å². The molecule has 0 fully saturated rings. The van der Waals surface area contributed by atoms with E-state index in [1.807, 2.05) is 0 Å². The summed E-state index contributed by atoms with van der Waals surface area (Å²) in [5.41, 5.74) is 0.402.